The summed E-state index contributed by atoms with van der Waals surface area (Å²) in [5.41, 5.74) is 1.59. The van der Waals surface area contributed by atoms with E-state index >= 15 is 0 Å². The summed E-state index contributed by atoms with van der Waals surface area (Å²) in [5.74, 6) is 0.670. The lowest BCUT2D eigenvalue weighted by atomic mass is 9.95. The molecule has 3 heteroatoms. The fraction of sp³-hybridized carbons (Fsp3) is 0.417. The van der Waals surface area contributed by atoms with Crippen LogP contribution in [0.15, 0.2) is 24.3 Å². The molecule has 15 heavy (non-hydrogen) atoms. The molecule has 2 unspecified atom stereocenters. The Labute approximate surface area is 93.8 Å². The van der Waals surface area contributed by atoms with Crippen LogP contribution in [0.3, 0.4) is 0 Å². The van der Waals surface area contributed by atoms with Crippen LogP contribution in [-0.4, -0.2) is 24.4 Å². The molecule has 0 radical (unpaired) electrons. The van der Waals surface area contributed by atoms with E-state index in [1.165, 1.54) is 12.0 Å². The molecule has 1 aromatic carbocycles. The van der Waals surface area contributed by atoms with E-state index < -0.39 is 0 Å². The second-order valence-corrected chi connectivity index (χ2v) is 5.04. The van der Waals surface area contributed by atoms with Crippen LogP contribution in [0.4, 0.5) is 0 Å². The van der Waals surface area contributed by atoms with Gasteiger partial charge in [-0.25, -0.2) is 0 Å². The molecule has 1 saturated carbocycles. The molecule has 0 N–H and O–H groups in total. The highest BCUT2D eigenvalue weighted by Gasteiger charge is 2.60. The Morgan fingerprint density at radius 2 is 2.13 bits per heavy atom. The monoisotopic (exact) mass is 221 g/mol. The van der Waals surface area contributed by atoms with Crippen molar-refractivity contribution in [2.75, 3.05) is 13.1 Å². The van der Waals surface area contributed by atoms with Crippen molar-refractivity contribution in [1.82, 2.24) is 4.90 Å². The zero-order valence-corrected chi connectivity index (χ0v) is 9.07. The van der Waals surface area contributed by atoms with Crippen molar-refractivity contribution in [3.05, 3.63) is 34.9 Å². The van der Waals surface area contributed by atoms with Gasteiger partial charge in [0.25, 0.3) is 0 Å². The zero-order valence-electron chi connectivity index (χ0n) is 8.32. The van der Waals surface area contributed by atoms with Gasteiger partial charge < -0.3 is 4.90 Å². The first-order valence-electron chi connectivity index (χ1n) is 5.20. The highest BCUT2D eigenvalue weighted by Crippen LogP contribution is 2.58. The third-order valence-electron chi connectivity index (χ3n) is 3.74. The smallest absolute Gasteiger partial charge is 0.209 e. The van der Waals surface area contributed by atoms with Gasteiger partial charge in [0.1, 0.15) is 0 Å². The fourth-order valence-corrected chi connectivity index (χ4v) is 2.96. The molecule has 0 bridgehead atoms. The lowest BCUT2D eigenvalue weighted by molar-refractivity contribution is -0.117. The molecule has 2 atom stereocenters. The third kappa shape index (κ3) is 1.28. The summed E-state index contributed by atoms with van der Waals surface area (Å²) in [6, 6.07) is 8.06. The largest absolute Gasteiger partial charge is 0.344 e. The maximum absolute atomic E-state index is 10.7. The average Bonchev–Trinajstić information content (AvgIpc) is 2.83. The molecule has 0 aromatic heterocycles. The van der Waals surface area contributed by atoms with Gasteiger partial charge in [-0.2, -0.15) is 0 Å². The standard InChI is InChI=1S/C12H12ClNO/c13-11-3-1-9(2-4-11)12-5-10(12)6-14(7-12)8-15/h1-4,8,10H,5-7H2. The lowest BCUT2D eigenvalue weighted by Gasteiger charge is -2.16. The topological polar surface area (TPSA) is 20.3 Å². The summed E-state index contributed by atoms with van der Waals surface area (Å²) in [5, 5.41) is 0.776. The summed E-state index contributed by atoms with van der Waals surface area (Å²) in [6.07, 6.45) is 2.18. The van der Waals surface area contributed by atoms with Crippen molar-refractivity contribution in [2.24, 2.45) is 5.92 Å². The van der Waals surface area contributed by atoms with Crippen LogP contribution in [0, 0.1) is 5.92 Å². The first kappa shape index (κ1) is 9.22. The Bertz CT molecular complexity index is 403. The summed E-state index contributed by atoms with van der Waals surface area (Å²) in [7, 11) is 0. The summed E-state index contributed by atoms with van der Waals surface area (Å²) in [4.78, 5) is 12.6. The number of rotatable bonds is 2. The number of amides is 1. The molecule has 2 fully saturated rings. The van der Waals surface area contributed by atoms with Gasteiger partial charge >= 0.3 is 0 Å². The molecular formula is C12H12ClNO. The summed E-state index contributed by atoms with van der Waals surface area (Å²) >= 11 is 5.87. The number of hydrogen-bond acceptors (Lipinski definition) is 1. The van der Waals surface area contributed by atoms with E-state index in [2.05, 4.69) is 12.1 Å². The molecule has 2 aliphatic rings. The number of nitrogens with zero attached hydrogens (tertiary/aromatic N) is 1. The molecule has 1 amide bonds. The van der Waals surface area contributed by atoms with E-state index in [1.807, 2.05) is 17.0 Å². The van der Waals surface area contributed by atoms with E-state index in [4.69, 9.17) is 11.6 Å². The van der Waals surface area contributed by atoms with Crippen molar-refractivity contribution in [2.45, 2.75) is 11.8 Å². The van der Waals surface area contributed by atoms with Gasteiger partial charge in [0.05, 0.1) is 0 Å². The Kier molecular flexibility index (Phi) is 1.84. The van der Waals surface area contributed by atoms with Crippen LogP contribution in [0.5, 0.6) is 0 Å². The Morgan fingerprint density at radius 1 is 1.40 bits per heavy atom. The Hall–Kier alpha value is -1.02. The predicted molar refractivity (Wildman–Crippen MR) is 58.9 cm³/mol. The molecule has 2 nitrogen and oxygen atoms in total. The third-order valence-corrected chi connectivity index (χ3v) is 3.99. The number of benzene rings is 1. The van der Waals surface area contributed by atoms with Gasteiger partial charge in [0.2, 0.25) is 6.41 Å². The fourth-order valence-electron chi connectivity index (χ4n) is 2.83. The first-order valence-corrected chi connectivity index (χ1v) is 5.58. The van der Waals surface area contributed by atoms with Crippen LogP contribution in [-0.2, 0) is 10.2 Å². The van der Waals surface area contributed by atoms with Gasteiger partial charge in [0, 0.05) is 23.5 Å². The van der Waals surface area contributed by atoms with E-state index in [-0.39, 0.29) is 5.41 Å². The summed E-state index contributed by atoms with van der Waals surface area (Å²) < 4.78 is 0. The van der Waals surface area contributed by atoms with Crippen molar-refractivity contribution >= 4 is 18.0 Å². The second kappa shape index (κ2) is 2.99. The number of likely N-dealkylation sites (tertiary alicyclic amines) is 1. The van der Waals surface area contributed by atoms with Gasteiger partial charge in [-0.15, -0.1) is 0 Å². The SMILES string of the molecule is O=CN1CC2CC2(c2ccc(Cl)cc2)C1. The maximum atomic E-state index is 10.7. The van der Waals surface area contributed by atoms with Crippen molar-refractivity contribution < 1.29 is 4.79 Å². The van der Waals surface area contributed by atoms with Crippen LogP contribution in [0.1, 0.15) is 12.0 Å². The molecule has 1 saturated heterocycles. The first-order chi connectivity index (χ1) is 7.24. The van der Waals surface area contributed by atoms with Crippen LogP contribution in [0.2, 0.25) is 5.02 Å². The zero-order chi connectivity index (χ0) is 10.5. The second-order valence-electron chi connectivity index (χ2n) is 4.60. The lowest BCUT2D eigenvalue weighted by Crippen LogP contribution is -2.24. The molecule has 1 aromatic rings. The number of piperidine rings is 1. The van der Waals surface area contributed by atoms with Crippen molar-refractivity contribution in [3.63, 3.8) is 0 Å². The van der Waals surface area contributed by atoms with Gasteiger partial charge in [-0.05, 0) is 30.0 Å². The average molecular weight is 222 g/mol. The van der Waals surface area contributed by atoms with Gasteiger partial charge in [-0.1, -0.05) is 23.7 Å². The minimum absolute atomic E-state index is 0.255. The number of carbonyl (C=O) groups is 1. The highest BCUT2D eigenvalue weighted by atomic mass is 35.5. The molecule has 1 aliphatic carbocycles. The summed E-state index contributed by atoms with van der Waals surface area (Å²) in [6.45, 7) is 1.80. The van der Waals surface area contributed by atoms with Crippen LogP contribution in [0.25, 0.3) is 0 Å². The van der Waals surface area contributed by atoms with E-state index in [1.54, 1.807) is 0 Å². The van der Waals surface area contributed by atoms with Crippen LogP contribution < -0.4 is 0 Å². The quantitative estimate of drug-likeness (QED) is 0.701. The minimum atomic E-state index is 0.255. The molecule has 3 rings (SSSR count). The van der Waals surface area contributed by atoms with E-state index in [0.29, 0.717) is 5.92 Å². The minimum Gasteiger partial charge on any atom is -0.344 e. The number of halogens is 1. The van der Waals surface area contributed by atoms with E-state index in [0.717, 1.165) is 24.5 Å². The predicted octanol–water partition coefficient (Wildman–Crippen LogP) is 2.07. The van der Waals surface area contributed by atoms with Crippen molar-refractivity contribution in [3.8, 4) is 0 Å². The molecule has 78 valence electrons. The number of hydrogen-bond donors (Lipinski definition) is 0. The number of fused-ring (bicyclic) bond motifs is 1. The maximum Gasteiger partial charge on any atom is 0.209 e. The van der Waals surface area contributed by atoms with Crippen LogP contribution >= 0.6 is 11.6 Å². The van der Waals surface area contributed by atoms with E-state index in [9.17, 15) is 4.79 Å². The van der Waals surface area contributed by atoms with Gasteiger partial charge in [-0.3, -0.25) is 4.79 Å². The highest BCUT2D eigenvalue weighted by molar-refractivity contribution is 6.30. The number of carbonyl (C=O) groups excluding carboxylic acids is 1. The van der Waals surface area contributed by atoms with Crippen molar-refractivity contribution in [1.29, 1.82) is 0 Å². The normalized spacial score (nSPS) is 32.6. The van der Waals surface area contributed by atoms with Gasteiger partial charge in [0.15, 0.2) is 0 Å². The molecular weight excluding hydrogens is 210 g/mol. The Morgan fingerprint density at radius 3 is 2.73 bits per heavy atom. The Balaban J connectivity index is 1.90. The molecule has 0 spiro atoms. The molecule has 1 heterocycles. The molecule has 1 aliphatic heterocycles.